The van der Waals surface area contributed by atoms with Crippen LogP contribution in [0.2, 0.25) is 0 Å². The minimum atomic E-state index is 0.207. The quantitative estimate of drug-likeness (QED) is 0.747. The topological polar surface area (TPSA) is 64.1 Å². The molecule has 86 valence electrons. The molecule has 1 aromatic rings. The second-order valence-corrected chi connectivity index (χ2v) is 4.11. The Morgan fingerprint density at radius 3 is 2.87 bits per heavy atom. The van der Waals surface area contributed by atoms with Gasteiger partial charge < -0.3 is 15.6 Å². The third kappa shape index (κ3) is 4.01. The lowest BCUT2D eigenvalue weighted by atomic mass is 10.0. The minimum absolute atomic E-state index is 0.207. The summed E-state index contributed by atoms with van der Waals surface area (Å²) in [5.41, 5.74) is 6.90. The number of nitrogens with zero attached hydrogens (tertiary/aromatic N) is 1. The molecule has 4 heteroatoms. The highest BCUT2D eigenvalue weighted by Crippen LogP contribution is 2.05. The lowest BCUT2D eigenvalue weighted by Gasteiger charge is -2.18. The average molecular weight is 211 g/mol. The largest absolute Gasteiger partial charge is 0.360 e. The predicted octanol–water partition coefficient (Wildman–Crippen LogP) is 1.45. The van der Waals surface area contributed by atoms with Crippen LogP contribution in [0.4, 0.5) is 0 Å². The van der Waals surface area contributed by atoms with E-state index in [1.165, 1.54) is 0 Å². The van der Waals surface area contributed by atoms with E-state index >= 15 is 0 Å². The van der Waals surface area contributed by atoms with Crippen LogP contribution in [0.25, 0.3) is 0 Å². The fourth-order valence-corrected chi connectivity index (χ4v) is 1.37. The van der Waals surface area contributed by atoms with Crippen molar-refractivity contribution in [2.75, 3.05) is 6.54 Å². The molecule has 1 heterocycles. The Balaban J connectivity index is 2.21. The SMILES string of the molecule is CCC(C)C(N)CNCc1cc(C)no1. The van der Waals surface area contributed by atoms with E-state index in [9.17, 15) is 0 Å². The molecule has 1 aromatic heterocycles. The van der Waals surface area contributed by atoms with Crippen LogP contribution in [-0.4, -0.2) is 17.7 Å². The molecule has 0 spiro atoms. The van der Waals surface area contributed by atoms with Crippen molar-refractivity contribution in [2.24, 2.45) is 11.7 Å². The first-order valence-electron chi connectivity index (χ1n) is 5.52. The van der Waals surface area contributed by atoms with Crippen molar-refractivity contribution >= 4 is 0 Å². The molecular formula is C11H21N3O. The fraction of sp³-hybridized carbons (Fsp3) is 0.727. The normalized spacial score (nSPS) is 15.2. The van der Waals surface area contributed by atoms with Crippen LogP contribution >= 0.6 is 0 Å². The molecule has 15 heavy (non-hydrogen) atoms. The molecular weight excluding hydrogens is 190 g/mol. The maximum absolute atomic E-state index is 5.99. The summed E-state index contributed by atoms with van der Waals surface area (Å²) in [4.78, 5) is 0. The lowest BCUT2D eigenvalue weighted by Crippen LogP contribution is -2.38. The van der Waals surface area contributed by atoms with Gasteiger partial charge in [-0.3, -0.25) is 0 Å². The van der Waals surface area contributed by atoms with Gasteiger partial charge in [0.25, 0.3) is 0 Å². The summed E-state index contributed by atoms with van der Waals surface area (Å²) >= 11 is 0. The van der Waals surface area contributed by atoms with Gasteiger partial charge in [0, 0.05) is 18.7 Å². The second-order valence-electron chi connectivity index (χ2n) is 4.11. The van der Waals surface area contributed by atoms with E-state index in [-0.39, 0.29) is 6.04 Å². The van der Waals surface area contributed by atoms with E-state index in [1.807, 2.05) is 13.0 Å². The summed E-state index contributed by atoms with van der Waals surface area (Å²) in [6, 6.07) is 2.14. The first kappa shape index (κ1) is 12.2. The average Bonchev–Trinajstić information content (AvgIpc) is 2.63. The van der Waals surface area contributed by atoms with E-state index < -0.39 is 0 Å². The highest BCUT2D eigenvalue weighted by molar-refractivity contribution is 5.02. The van der Waals surface area contributed by atoms with Gasteiger partial charge in [-0.05, 0) is 12.8 Å². The number of nitrogens with one attached hydrogen (secondary N) is 1. The Hall–Kier alpha value is -0.870. The van der Waals surface area contributed by atoms with Crippen LogP contribution in [0.5, 0.6) is 0 Å². The minimum Gasteiger partial charge on any atom is -0.360 e. The van der Waals surface area contributed by atoms with Gasteiger partial charge in [0.1, 0.15) is 0 Å². The highest BCUT2D eigenvalue weighted by atomic mass is 16.5. The van der Waals surface area contributed by atoms with Gasteiger partial charge in [0.2, 0.25) is 0 Å². The zero-order valence-electron chi connectivity index (χ0n) is 9.79. The monoisotopic (exact) mass is 211 g/mol. The second kappa shape index (κ2) is 5.88. The number of aryl methyl sites for hydroxylation is 1. The molecule has 1 rings (SSSR count). The van der Waals surface area contributed by atoms with Crippen LogP contribution in [0.3, 0.4) is 0 Å². The van der Waals surface area contributed by atoms with Crippen molar-refractivity contribution in [1.82, 2.24) is 10.5 Å². The molecule has 0 saturated carbocycles. The van der Waals surface area contributed by atoms with E-state index in [0.717, 1.165) is 24.4 Å². The molecule has 2 unspecified atom stereocenters. The summed E-state index contributed by atoms with van der Waals surface area (Å²) in [7, 11) is 0. The van der Waals surface area contributed by atoms with Crippen LogP contribution < -0.4 is 11.1 Å². The zero-order valence-corrected chi connectivity index (χ0v) is 9.79. The Labute approximate surface area is 91.2 Å². The maximum atomic E-state index is 5.99. The van der Waals surface area contributed by atoms with Crippen LogP contribution in [0.1, 0.15) is 31.7 Å². The number of hydrogen-bond donors (Lipinski definition) is 2. The van der Waals surface area contributed by atoms with E-state index in [2.05, 4.69) is 24.3 Å². The molecule has 3 N–H and O–H groups in total. The zero-order chi connectivity index (χ0) is 11.3. The molecule has 0 amide bonds. The third-order valence-corrected chi connectivity index (χ3v) is 2.73. The summed E-state index contributed by atoms with van der Waals surface area (Å²) in [6.07, 6.45) is 1.12. The third-order valence-electron chi connectivity index (χ3n) is 2.73. The molecule has 0 fully saturated rings. The molecule has 0 bridgehead atoms. The van der Waals surface area contributed by atoms with Gasteiger partial charge in [-0.1, -0.05) is 25.4 Å². The van der Waals surface area contributed by atoms with Crippen molar-refractivity contribution in [3.63, 3.8) is 0 Å². The van der Waals surface area contributed by atoms with Crippen molar-refractivity contribution in [3.05, 3.63) is 17.5 Å². The number of hydrogen-bond acceptors (Lipinski definition) is 4. The predicted molar refractivity (Wildman–Crippen MR) is 60.4 cm³/mol. The van der Waals surface area contributed by atoms with Crippen LogP contribution in [0.15, 0.2) is 10.6 Å². The highest BCUT2D eigenvalue weighted by Gasteiger charge is 2.10. The molecule has 0 radical (unpaired) electrons. The molecule has 0 aromatic carbocycles. The van der Waals surface area contributed by atoms with Gasteiger partial charge >= 0.3 is 0 Å². The van der Waals surface area contributed by atoms with Gasteiger partial charge in [0.05, 0.1) is 12.2 Å². The van der Waals surface area contributed by atoms with Gasteiger partial charge in [-0.2, -0.15) is 0 Å². The first-order chi connectivity index (χ1) is 7.13. The van der Waals surface area contributed by atoms with Crippen LogP contribution in [-0.2, 0) is 6.54 Å². The van der Waals surface area contributed by atoms with Crippen LogP contribution in [0, 0.1) is 12.8 Å². The number of aromatic nitrogens is 1. The Morgan fingerprint density at radius 1 is 1.60 bits per heavy atom. The van der Waals surface area contributed by atoms with Crippen molar-refractivity contribution in [1.29, 1.82) is 0 Å². The van der Waals surface area contributed by atoms with Crippen molar-refractivity contribution in [2.45, 2.75) is 39.8 Å². The Bertz CT molecular complexity index is 285. The number of rotatable bonds is 6. The summed E-state index contributed by atoms with van der Waals surface area (Å²) < 4.78 is 5.08. The number of nitrogens with two attached hydrogens (primary N) is 1. The van der Waals surface area contributed by atoms with E-state index in [4.69, 9.17) is 10.3 Å². The lowest BCUT2D eigenvalue weighted by molar-refractivity contribution is 0.358. The maximum Gasteiger partial charge on any atom is 0.150 e. The van der Waals surface area contributed by atoms with Gasteiger partial charge in [-0.25, -0.2) is 0 Å². The van der Waals surface area contributed by atoms with Crippen molar-refractivity contribution in [3.8, 4) is 0 Å². The molecule has 0 saturated heterocycles. The summed E-state index contributed by atoms with van der Waals surface area (Å²) in [5, 5.41) is 7.09. The first-order valence-corrected chi connectivity index (χ1v) is 5.52. The molecule has 0 aliphatic rings. The van der Waals surface area contributed by atoms with Gasteiger partial charge in [0.15, 0.2) is 5.76 Å². The fourth-order valence-electron chi connectivity index (χ4n) is 1.37. The summed E-state index contributed by atoms with van der Waals surface area (Å²) in [6.45, 7) is 7.76. The molecule has 0 aliphatic heterocycles. The van der Waals surface area contributed by atoms with Gasteiger partial charge in [-0.15, -0.1) is 0 Å². The van der Waals surface area contributed by atoms with Crippen molar-refractivity contribution < 1.29 is 4.52 Å². The van der Waals surface area contributed by atoms with E-state index in [0.29, 0.717) is 12.5 Å². The Kier molecular flexibility index (Phi) is 4.78. The molecule has 2 atom stereocenters. The smallest absolute Gasteiger partial charge is 0.150 e. The molecule has 4 nitrogen and oxygen atoms in total. The summed E-state index contributed by atoms with van der Waals surface area (Å²) in [5.74, 6) is 1.41. The van der Waals surface area contributed by atoms with E-state index in [1.54, 1.807) is 0 Å². The Morgan fingerprint density at radius 2 is 2.33 bits per heavy atom. The molecule has 0 aliphatic carbocycles. The standard InChI is InChI=1S/C11H21N3O/c1-4-8(2)11(12)7-13-6-10-5-9(3)14-15-10/h5,8,11,13H,4,6-7,12H2,1-3H3.